The molecule has 2 bridgehead atoms. The average Bonchev–Trinajstić information content (AvgIpc) is 2.40. The lowest BCUT2D eigenvalue weighted by Crippen LogP contribution is -2.47. The normalized spacial score (nSPS) is 41.1. The fraction of sp³-hybridized carbons (Fsp3) is 0.923. The molecule has 92 valence electrons. The van der Waals surface area contributed by atoms with E-state index in [-0.39, 0.29) is 5.92 Å². The molecule has 3 nitrogen and oxygen atoms in total. The Labute approximate surface area is 97.4 Å². The third-order valence-corrected chi connectivity index (χ3v) is 4.68. The van der Waals surface area contributed by atoms with Crippen LogP contribution in [-0.4, -0.2) is 17.1 Å². The fourth-order valence-electron chi connectivity index (χ4n) is 4.03. The van der Waals surface area contributed by atoms with E-state index in [0.29, 0.717) is 11.8 Å². The van der Waals surface area contributed by atoms with Crippen LogP contribution in [0.15, 0.2) is 0 Å². The van der Waals surface area contributed by atoms with E-state index in [1.807, 2.05) is 0 Å². The van der Waals surface area contributed by atoms with E-state index in [4.69, 9.17) is 10.8 Å². The lowest BCUT2D eigenvalue weighted by Gasteiger charge is -2.41. The maximum Gasteiger partial charge on any atom is 0.320 e. The van der Waals surface area contributed by atoms with E-state index in [1.165, 1.54) is 38.5 Å². The van der Waals surface area contributed by atoms with Gasteiger partial charge in [-0.15, -0.1) is 0 Å². The molecule has 3 heteroatoms. The second-order valence-corrected chi connectivity index (χ2v) is 5.80. The molecule has 5 unspecified atom stereocenters. The Hall–Kier alpha value is -0.570. The lowest BCUT2D eigenvalue weighted by atomic mass is 9.65. The molecule has 2 fully saturated rings. The Morgan fingerprint density at radius 1 is 1.31 bits per heavy atom. The van der Waals surface area contributed by atoms with Gasteiger partial charge in [0.25, 0.3) is 0 Å². The molecule has 0 aromatic rings. The third-order valence-electron chi connectivity index (χ3n) is 4.68. The number of hydrogen-bond donors (Lipinski definition) is 2. The molecule has 2 aliphatic rings. The van der Waals surface area contributed by atoms with Gasteiger partial charge < -0.3 is 10.8 Å². The van der Waals surface area contributed by atoms with Gasteiger partial charge in [-0.2, -0.15) is 0 Å². The second kappa shape index (κ2) is 4.74. The Balaban J connectivity index is 2.13. The molecule has 0 aliphatic heterocycles. The van der Waals surface area contributed by atoms with E-state index < -0.39 is 12.0 Å². The van der Waals surface area contributed by atoms with Crippen LogP contribution in [0.5, 0.6) is 0 Å². The standard InChI is InChI=1S/C13H23NO2/c1-8-6-9-4-2-3-5-10(7-9)11(8)12(14)13(15)16/h8-12H,2-7,14H2,1H3,(H,15,16). The zero-order chi connectivity index (χ0) is 11.7. The minimum atomic E-state index is -0.820. The topological polar surface area (TPSA) is 63.3 Å². The molecule has 0 saturated heterocycles. The van der Waals surface area contributed by atoms with Crippen molar-refractivity contribution in [2.75, 3.05) is 0 Å². The number of fused-ring (bicyclic) bond motifs is 2. The van der Waals surface area contributed by atoms with Crippen molar-refractivity contribution in [3.8, 4) is 0 Å². The minimum absolute atomic E-state index is 0.201. The predicted octanol–water partition coefficient (Wildman–Crippen LogP) is 2.25. The van der Waals surface area contributed by atoms with Crippen molar-refractivity contribution in [2.45, 2.75) is 51.5 Å². The number of carbonyl (C=O) groups is 1. The summed E-state index contributed by atoms with van der Waals surface area (Å²) in [6.07, 6.45) is 7.51. The molecule has 2 rings (SSSR count). The first-order valence-electron chi connectivity index (χ1n) is 6.58. The Bertz CT molecular complexity index is 267. The van der Waals surface area contributed by atoms with Crippen molar-refractivity contribution < 1.29 is 9.90 Å². The first-order chi connectivity index (χ1) is 7.59. The lowest BCUT2D eigenvalue weighted by molar-refractivity contribution is -0.141. The van der Waals surface area contributed by atoms with Gasteiger partial charge in [0, 0.05) is 0 Å². The zero-order valence-electron chi connectivity index (χ0n) is 10.1. The van der Waals surface area contributed by atoms with Gasteiger partial charge in [-0.25, -0.2) is 0 Å². The van der Waals surface area contributed by atoms with Crippen molar-refractivity contribution in [3.63, 3.8) is 0 Å². The van der Waals surface area contributed by atoms with Gasteiger partial charge >= 0.3 is 5.97 Å². The van der Waals surface area contributed by atoms with Crippen LogP contribution in [0.25, 0.3) is 0 Å². The van der Waals surface area contributed by atoms with Gasteiger partial charge in [-0.3, -0.25) is 4.79 Å². The number of carboxylic acid groups (broad SMARTS) is 1. The predicted molar refractivity (Wildman–Crippen MR) is 62.9 cm³/mol. The Kier molecular flexibility index (Phi) is 3.53. The number of rotatable bonds is 2. The highest BCUT2D eigenvalue weighted by molar-refractivity contribution is 5.73. The van der Waals surface area contributed by atoms with Crippen molar-refractivity contribution >= 4 is 5.97 Å². The summed E-state index contributed by atoms with van der Waals surface area (Å²) in [5.41, 5.74) is 5.87. The van der Waals surface area contributed by atoms with Crippen molar-refractivity contribution in [1.29, 1.82) is 0 Å². The van der Waals surface area contributed by atoms with Crippen LogP contribution < -0.4 is 5.73 Å². The van der Waals surface area contributed by atoms with E-state index in [9.17, 15) is 4.79 Å². The summed E-state index contributed by atoms with van der Waals surface area (Å²) in [4.78, 5) is 11.1. The molecule has 16 heavy (non-hydrogen) atoms. The van der Waals surface area contributed by atoms with Crippen LogP contribution in [0.3, 0.4) is 0 Å². The molecule has 0 aromatic heterocycles. The van der Waals surface area contributed by atoms with Crippen LogP contribution in [0.1, 0.15) is 45.4 Å². The maximum absolute atomic E-state index is 11.1. The van der Waals surface area contributed by atoms with Crippen LogP contribution >= 0.6 is 0 Å². The molecule has 5 atom stereocenters. The van der Waals surface area contributed by atoms with Crippen LogP contribution in [0.4, 0.5) is 0 Å². The average molecular weight is 225 g/mol. The first kappa shape index (κ1) is 11.9. The van der Waals surface area contributed by atoms with E-state index in [0.717, 1.165) is 5.92 Å². The zero-order valence-corrected chi connectivity index (χ0v) is 10.1. The summed E-state index contributed by atoms with van der Waals surface area (Å²) < 4.78 is 0. The van der Waals surface area contributed by atoms with E-state index >= 15 is 0 Å². The van der Waals surface area contributed by atoms with Gasteiger partial charge in [-0.05, 0) is 36.5 Å². The van der Waals surface area contributed by atoms with Crippen LogP contribution in [-0.2, 0) is 4.79 Å². The summed E-state index contributed by atoms with van der Waals surface area (Å²) in [5, 5.41) is 9.09. The maximum atomic E-state index is 11.1. The second-order valence-electron chi connectivity index (χ2n) is 5.80. The van der Waals surface area contributed by atoms with Crippen molar-refractivity contribution in [2.24, 2.45) is 29.4 Å². The highest BCUT2D eigenvalue weighted by Crippen LogP contribution is 2.45. The quantitative estimate of drug-likeness (QED) is 0.757. The Morgan fingerprint density at radius 2 is 2.00 bits per heavy atom. The summed E-state index contributed by atoms with van der Waals surface area (Å²) >= 11 is 0. The van der Waals surface area contributed by atoms with Gasteiger partial charge in [0.05, 0.1) is 0 Å². The number of hydrogen-bond acceptors (Lipinski definition) is 2. The summed E-state index contributed by atoms with van der Waals surface area (Å²) in [7, 11) is 0. The smallest absolute Gasteiger partial charge is 0.320 e. The molecular weight excluding hydrogens is 202 g/mol. The van der Waals surface area contributed by atoms with E-state index in [1.54, 1.807) is 0 Å². The largest absolute Gasteiger partial charge is 0.480 e. The van der Waals surface area contributed by atoms with E-state index in [2.05, 4.69) is 6.92 Å². The van der Waals surface area contributed by atoms with Crippen molar-refractivity contribution in [3.05, 3.63) is 0 Å². The van der Waals surface area contributed by atoms with Gasteiger partial charge in [0.1, 0.15) is 6.04 Å². The highest BCUT2D eigenvalue weighted by atomic mass is 16.4. The number of aliphatic carboxylic acids is 1. The molecule has 2 saturated carbocycles. The monoisotopic (exact) mass is 225 g/mol. The summed E-state index contributed by atoms with van der Waals surface area (Å²) in [6, 6.07) is -0.654. The molecule has 0 heterocycles. The van der Waals surface area contributed by atoms with Gasteiger partial charge in [-0.1, -0.05) is 32.6 Å². The van der Waals surface area contributed by atoms with Gasteiger partial charge in [0.2, 0.25) is 0 Å². The molecule has 0 amide bonds. The molecule has 0 spiro atoms. The number of nitrogens with two attached hydrogens (primary N) is 1. The van der Waals surface area contributed by atoms with Crippen LogP contribution in [0.2, 0.25) is 0 Å². The molecule has 2 aliphatic carbocycles. The summed E-state index contributed by atoms with van der Waals surface area (Å²) in [6.45, 7) is 2.19. The van der Waals surface area contributed by atoms with Crippen LogP contribution in [0, 0.1) is 23.7 Å². The summed E-state index contributed by atoms with van der Waals surface area (Å²) in [5.74, 6) is 1.25. The highest BCUT2D eigenvalue weighted by Gasteiger charge is 2.41. The molecule has 0 radical (unpaired) electrons. The SMILES string of the molecule is CC1CC2CCCCC(C2)C1C(N)C(=O)O. The molecule has 0 aromatic carbocycles. The third kappa shape index (κ3) is 2.24. The molecule has 3 N–H and O–H groups in total. The van der Waals surface area contributed by atoms with Crippen molar-refractivity contribution in [1.82, 2.24) is 0 Å². The number of carboxylic acids is 1. The fourth-order valence-corrected chi connectivity index (χ4v) is 4.03. The van der Waals surface area contributed by atoms with Gasteiger partial charge in [0.15, 0.2) is 0 Å². The minimum Gasteiger partial charge on any atom is -0.480 e. The first-order valence-corrected chi connectivity index (χ1v) is 6.58. The Morgan fingerprint density at radius 3 is 2.69 bits per heavy atom. The molecular formula is C13H23NO2.